The number of hydrogen-bond acceptors (Lipinski definition) is 6. The maximum atomic E-state index is 14.3. The molecule has 0 radical (unpaired) electrons. The second-order valence-corrected chi connectivity index (χ2v) is 8.44. The quantitative estimate of drug-likeness (QED) is 0.515. The number of rotatable bonds is 4. The molecule has 0 aliphatic carbocycles. The number of hydrogen-bond donors (Lipinski definition) is 1. The number of para-hydroxylation sites is 1. The van der Waals surface area contributed by atoms with Crippen LogP contribution in [0.1, 0.15) is 42.6 Å². The fraction of sp³-hybridized carbons (Fsp3) is 0.217. The van der Waals surface area contributed by atoms with Gasteiger partial charge in [-0.25, -0.2) is 19.0 Å². The number of aryl methyl sites for hydroxylation is 1. The Hall–Kier alpha value is -4.21. The van der Waals surface area contributed by atoms with Crippen molar-refractivity contribution in [2.45, 2.75) is 33.1 Å². The topological polar surface area (TPSA) is 108 Å². The summed E-state index contributed by atoms with van der Waals surface area (Å²) in [6.07, 6.45) is 3.11. The molecule has 3 heterocycles. The maximum Gasteiger partial charge on any atom is 0.281 e. The van der Waals surface area contributed by atoms with Crippen LogP contribution in [-0.2, 0) is 5.41 Å². The molecule has 0 aliphatic rings. The van der Waals surface area contributed by atoms with Crippen LogP contribution < -0.4 is 10.7 Å². The number of aromatic nitrogens is 6. The lowest BCUT2D eigenvalue weighted by atomic mass is 9.92. The van der Waals surface area contributed by atoms with E-state index in [1.165, 1.54) is 27.6 Å². The second-order valence-electron chi connectivity index (χ2n) is 8.44. The van der Waals surface area contributed by atoms with Gasteiger partial charge >= 0.3 is 0 Å². The van der Waals surface area contributed by atoms with Crippen molar-refractivity contribution in [3.8, 4) is 11.6 Å². The predicted octanol–water partition coefficient (Wildman–Crippen LogP) is 3.21. The van der Waals surface area contributed by atoms with Crippen molar-refractivity contribution < 1.29 is 9.18 Å². The van der Waals surface area contributed by atoms with E-state index in [0.717, 1.165) is 0 Å². The van der Waals surface area contributed by atoms with Crippen LogP contribution in [0.2, 0.25) is 0 Å². The molecule has 33 heavy (non-hydrogen) atoms. The smallest absolute Gasteiger partial charge is 0.281 e. The summed E-state index contributed by atoms with van der Waals surface area (Å²) in [4.78, 5) is 34.1. The Balaban J connectivity index is 1.77. The number of nitrogens with zero attached hydrogens (tertiary/aromatic N) is 6. The van der Waals surface area contributed by atoms with Crippen LogP contribution in [0.4, 0.5) is 10.2 Å². The second kappa shape index (κ2) is 8.38. The molecule has 0 saturated heterocycles. The summed E-state index contributed by atoms with van der Waals surface area (Å²) in [6.45, 7) is 7.54. The molecule has 0 unspecified atom stereocenters. The number of carbonyl (C=O) groups excluding carboxylic acids is 1. The van der Waals surface area contributed by atoms with E-state index in [1.807, 2.05) is 20.8 Å². The molecule has 1 aromatic carbocycles. The highest BCUT2D eigenvalue weighted by atomic mass is 19.1. The van der Waals surface area contributed by atoms with Gasteiger partial charge in [0.25, 0.3) is 11.9 Å². The minimum Gasteiger partial charge on any atom is -0.305 e. The van der Waals surface area contributed by atoms with Gasteiger partial charge in [-0.05, 0) is 25.1 Å². The normalized spacial score (nSPS) is 11.4. The molecule has 0 fully saturated rings. The summed E-state index contributed by atoms with van der Waals surface area (Å²) in [5.41, 5.74) is -0.0928. The van der Waals surface area contributed by atoms with Crippen molar-refractivity contribution in [2.24, 2.45) is 0 Å². The van der Waals surface area contributed by atoms with Crippen LogP contribution in [0.5, 0.6) is 0 Å². The average molecular weight is 447 g/mol. The van der Waals surface area contributed by atoms with E-state index in [0.29, 0.717) is 11.4 Å². The molecule has 0 bridgehead atoms. The number of carbonyl (C=O) groups is 1. The van der Waals surface area contributed by atoms with Crippen LogP contribution in [0.3, 0.4) is 0 Å². The zero-order chi connectivity index (χ0) is 23.8. The highest BCUT2D eigenvalue weighted by Gasteiger charge is 2.24. The van der Waals surface area contributed by atoms with Crippen molar-refractivity contribution in [3.63, 3.8) is 0 Å². The van der Waals surface area contributed by atoms with Crippen molar-refractivity contribution in [2.75, 3.05) is 5.32 Å². The molecule has 0 atom stereocenters. The summed E-state index contributed by atoms with van der Waals surface area (Å²) in [5.74, 6) is -0.765. The lowest BCUT2D eigenvalue weighted by Crippen LogP contribution is -2.28. The van der Waals surface area contributed by atoms with E-state index in [4.69, 9.17) is 0 Å². The number of nitrogens with one attached hydrogen (secondary N) is 1. The molecule has 0 spiro atoms. The molecule has 0 saturated carbocycles. The molecule has 9 nitrogen and oxygen atoms in total. The van der Waals surface area contributed by atoms with Gasteiger partial charge in [-0.15, -0.1) is 0 Å². The molecule has 1 N–H and O–H groups in total. The Bertz CT molecular complexity index is 1390. The minimum absolute atomic E-state index is 0.127. The van der Waals surface area contributed by atoms with Crippen molar-refractivity contribution >= 4 is 11.7 Å². The summed E-state index contributed by atoms with van der Waals surface area (Å²) in [6, 6.07) is 10.6. The first-order valence-electron chi connectivity index (χ1n) is 10.2. The Kier molecular flexibility index (Phi) is 5.59. The van der Waals surface area contributed by atoms with Gasteiger partial charge in [0.15, 0.2) is 5.69 Å². The van der Waals surface area contributed by atoms with E-state index in [-0.39, 0.29) is 28.6 Å². The summed E-state index contributed by atoms with van der Waals surface area (Å²) in [5, 5.41) is 11.4. The lowest BCUT2D eigenvalue weighted by molar-refractivity contribution is 0.101. The van der Waals surface area contributed by atoms with Crippen molar-refractivity contribution in [1.29, 1.82) is 0 Å². The van der Waals surface area contributed by atoms with Crippen LogP contribution in [-0.4, -0.2) is 35.4 Å². The van der Waals surface area contributed by atoms with Crippen LogP contribution in [0.25, 0.3) is 11.6 Å². The van der Waals surface area contributed by atoms with Crippen LogP contribution in [0.15, 0.2) is 59.7 Å². The van der Waals surface area contributed by atoms with Gasteiger partial charge in [-0.2, -0.15) is 14.9 Å². The lowest BCUT2D eigenvalue weighted by Gasteiger charge is -2.13. The molecule has 1 amide bonds. The first kappa shape index (κ1) is 22.0. The van der Waals surface area contributed by atoms with Gasteiger partial charge in [0.2, 0.25) is 5.43 Å². The fourth-order valence-corrected chi connectivity index (χ4v) is 3.14. The third kappa shape index (κ3) is 4.40. The molecular formula is C23H22FN7O2. The van der Waals surface area contributed by atoms with Crippen LogP contribution in [0, 0.1) is 12.7 Å². The van der Waals surface area contributed by atoms with E-state index in [9.17, 15) is 14.0 Å². The Morgan fingerprint density at radius 2 is 1.70 bits per heavy atom. The largest absolute Gasteiger partial charge is 0.305 e. The highest BCUT2D eigenvalue weighted by Crippen LogP contribution is 2.25. The van der Waals surface area contributed by atoms with Crippen molar-refractivity contribution in [1.82, 2.24) is 29.5 Å². The zero-order valence-electron chi connectivity index (χ0n) is 18.6. The van der Waals surface area contributed by atoms with Gasteiger partial charge in [0.1, 0.15) is 17.3 Å². The highest BCUT2D eigenvalue weighted by molar-refractivity contribution is 6.02. The number of halogens is 1. The van der Waals surface area contributed by atoms with Gasteiger partial charge in [-0.3, -0.25) is 9.59 Å². The third-order valence-corrected chi connectivity index (χ3v) is 4.86. The van der Waals surface area contributed by atoms with Crippen LogP contribution >= 0.6 is 0 Å². The van der Waals surface area contributed by atoms with Gasteiger partial charge in [-0.1, -0.05) is 32.9 Å². The molecule has 10 heteroatoms. The Labute approximate surface area is 188 Å². The average Bonchev–Trinajstić information content (AvgIpc) is 3.19. The standard InChI is InChI=1S/C23H22FN7O2/c1-14-12-17(32)20(29-30(14)16-9-6-5-8-15(16)24)21(33)27-19-13-18(23(2,3)4)28-31(19)22-25-10-7-11-26-22/h5-13H,1-4H3,(H,27,33). The monoisotopic (exact) mass is 447 g/mol. The third-order valence-electron chi connectivity index (χ3n) is 4.86. The first-order valence-corrected chi connectivity index (χ1v) is 10.2. The molecule has 0 aliphatic heterocycles. The maximum absolute atomic E-state index is 14.3. The SMILES string of the molecule is Cc1cc(=O)c(C(=O)Nc2cc(C(C)(C)C)nn2-c2ncccn2)nn1-c1ccccc1F. The predicted molar refractivity (Wildman–Crippen MR) is 120 cm³/mol. The van der Waals surface area contributed by atoms with E-state index in [1.54, 1.807) is 43.6 Å². The Morgan fingerprint density at radius 3 is 2.36 bits per heavy atom. The summed E-state index contributed by atoms with van der Waals surface area (Å²) in [7, 11) is 0. The zero-order valence-corrected chi connectivity index (χ0v) is 18.6. The summed E-state index contributed by atoms with van der Waals surface area (Å²) >= 11 is 0. The van der Waals surface area contributed by atoms with Gasteiger partial charge < -0.3 is 5.32 Å². The van der Waals surface area contributed by atoms with E-state index < -0.39 is 17.2 Å². The molecule has 4 rings (SSSR count). The minimum atomic E-state index is -0.761. The van der Waals surface area contributed by atoms with E-state index >= 15 is 0 Å². The van der Waals surface area contributed by atoms with Crippen molar-refractivity contribution in [3.05, 3.63) is 88.0 Å². The molecular weight excluding hydrogens is 425 g/mol. The molecule has 3 aromatic heterocycles. The molecule has 4 aromatic rings. The fourth-order valence-electron chi connectivity index (χ4n) is 3.14. The number of benzene rings is 1. The van der Waals surface area contributed by atoms with E-state index in [2.05, 4.69) is 25.5 Å². The Morgan fingerprint density at radius 1 is 1.00 bits per heavy atom. The first-order chi connectivity index (χ1) is 15.6. The molecule has 168 valence electrons. The van der Waals surface area contributed by atoms with Gasteiger partial charge in [0, 0.05) is 35.6 Å². The summed E-state index contributed by atoms with van der Waals surface area (Å²) < 4.78 is 16.9. The number of amides is 1. The number of anilines is 1. The van der Waals surface area contributed by atoms with Gasteiger partial charge in [0.05, 0.1) is 5.69 Å².